The van der Waals surface area contributed by atoms with Gasteiger partial charge in [-0.2, -0.15) is 0 Å². The second-order valence-electron chi connectivity index (χ2n) is 10.2. The van der Waals surface area contributed by atoms with E-state index < -0.39 is 5.97 Å². The van der Waals surface area contributed by atoms with E-state index in [1.165, 1.54) is 16.2 Å². The first-order valence-corrected chi connectivity index (χ1v) is 14.0. The third kappa shape index (κ3) is 4.44. The Morgan fingerprint density at radius 1 is 1.05 bits per heavy atom. The van der Waals surface area contributed by atoms with Crippen LogP contribution in [0.4, 0.5) is 5.69 Å². The maximum atomic E-state index is 13.2. The van der Waals surface area contributed by atoms with Gasteiger partial charge in [-0.15, -0.1) is 11.3 Å². The van der Waals surface area contributed by atoms with Crippen molar-refractivity contribution in [3.05, 3.63) is 94.2 Å². The highest BCUT2D eigenvalue weighted by atomic mass is 32.1. The predicted molar refractivity (Wildman–Crippen MR) is 153 cm³/mol. The lowest BCUT2D eigenvalue weighted by Gasteiger charge is -2.22. The number of fused-ring (bicyclic) bond motifs is 2. The van der Waals surface area contributed by atoms with Crippen molar-refractivity contribution in [3.8, 4) is 11.3 Å². The molecule has 0 spiro atoms. The molecule has 0 saturated carbocycles. The zero-order chi connectivity index (χ0) is 28.0. The van der Waals surface area contributed by atoms with Gasteiger partial charge in [0, 0.05) is 10.9 Å². The van der Waals surface area contributed by atoms with E-state index in [1.807, 2.05) is 38.1 Å². The number of imide groups is 1. The van der Waals surface area contributed by atoms with E-state index in [0.29, 0.717) is 44.7 Å². The van der Waals surface area contributed by atoms with E-state index in [1.54, 1.807) is 53.9 Å². The first-order valence-electron chi connectivity index (χ1n) is 13.1. The van der Waals surface area contributed by atoms with Gasteiger partial charge in [-0.05, 0) is 54.5 Å². The standard InChI is InChI=1S/C32H26N2O5S/c1-18-6-3-9-23-28(18)31(37)34(30(23)36)21-13-11-20(12-14-21)25-16-24(22-8-4-7-19(2)29(22)33-25)32(38)39-17-26(35)27-10-5-15-40-27/h3-8,10-16,18,23,28H,9,17H2,1-2H3. The molecular weight excluding hydrogens is 524 g/mol. The van der Waals surface area contributed by atoms with Crippen LogP contribution in [-0.4, -0.2) is 35.2 Å². The molecular formula is C32H26N2O5S. The van der Waals surface area contributed by atoms with Crippen LogP contribution >= 0.6 is 11.3 Å². The van der Waals surface area contributed by atoms with Gasteiger partial charge in [-0.3, -0.25) is 19.3 Å². The third-order valence-corrected chi connectivity index (χ3v) is 8.60. The quantitative estimate of drug-likeness (QED) is 0.126. The maximum absolute atomic E-state index is 13.2. The van der Waals surface area contributed by atoms with Gasteiger partial charge in [0.25, 0.3) is 0 Å². The summed E-state index contributed by atoms with van der Waals surface area (Å²) in [5, 5.41) is 2.43. The van der Waals surface area contributed by atoms with Gasteiger partial charge >= 0.3 is 5.97 Å². The van der Waals surface area contributed by atoms with Crippen LogP contribution in [0.2, 0.25) is 0 Å². The van der Waals surface area contributed by atoms with E-state index in [-0.39, 0.29) is 42.0 Å². The van der Waals surface area contributed by atoms with Crippen LogP contribution < -0.4 is 4.90 Å². The number of anilines is 1. The van der Waals surface area contributed by atoms with Gasteiger partial charge < -0.3 is 4.74 Å². The largest absolute Gasteiger partial charge is 0.454 e. The van der Waals surface area contributed by atoms with Crippen LogP contribution in [-0.2, 0) is 14.3 Å². The molecule has 2 aromatic carbocycles. The van der Waals surface area contributed by atoms with Crippen LogP contribution in [0.1, 0.15) is 38.9 Å². The SMILES string of the molecule is Cc1cccc2c(C(=O)OCC(=O)c3cccs3)cc(-c3ccc(N4C(=O)C5CC=CC(C)C5C4=O)cc3)nc12. The lowest BCUT2D eigenvalue weighted by molar-refractivity contribution is -0.122. The minimum atomic E-state index is -0.612. The number of aromatic nitrogens is 1. The normalized spacial score (nSPS) is 20.1. The molecule has 3 atom stereocenters. The maximum Gasteiger partial charge on any atom is 0.339 e. The first-order chi connectivity index (χ1) is 19.3. The molecule has 1 saturated heterocycles. The summed E-state index contributed by atoms with van der Waals surface area (Å²) >= 11 is 1.30. The zero-order valence-corrected chi connectivity index (χ0v) is 22.8. The Morgan fingerprint density at radius 2 is 1.85 bits per heavy atom. The summed E-state index contributed by atoms with van der Waals surface area (Å²) < 4.78 is 5.42. The minimum Gasteiger partial charge on any atom is -0.454 e. The van der Waals surface area contributed by atoms with Crippen molar-refractivity contribution in [1.29, 1.82) is 0 Å². The van der Waals surface area contributed by atoms with E-state index in [2.05, 4.69) is 0 Å². The zero-order valence-electron chi connectivity index (χ0n) is 22.0. The van der Waals surface area contributed by atoms with E-state index in [9.17, 15) is 19.2 Å². The van der Waals surface area contributed by atoms with Crippen molar-refractivity contribution in [1.82, 2.24) is 4.98 Å². The van der Waals surface area contributed by atoms with Crippen molar-refractivity contribution in [2.75, 3.05) is 11.5 Å². The van der Waals surface area contributed by atoms with Gasteiger partial charge in [0.05, 0.1) is 39.2 Å². The number of aryl methyl sites for hydroxylation is 1. The van der Waals surface area contributed by atoms with E-state index in [0.717, 1.165) is 5.56 Å². The molecule has 3 heterocycles. The van der Waals surface area contributed by atoms with Gasteiger partial charge in [0.2, 0.25) is 17.6 Å². The molecule has 4 aromatic rings. The monoisotopic (exact) mass is 550 g/mol. The van der Waals surface area contributed by atoms with Crippen LogP contribution in [0.15, 0.2) is 78.2 Å². The van der Waals surface area contributed by atoms with E-state index in [4.69, 9.17) is 9.72 Å². The Labute approximate surface area is 235 Å². The number of thiophene rings is 1. The van der Waals surface area contributed by atoms with Gasteiger partial charge in [0.1, 0.15) is 0 Å². The molecule has 2 aromatic heterocycles. The van der Waals surface area contributed by atoms with Crippen LogP contribution in [0, 0.1) is 24.7 Å². The minimum absolute atomic E-state index is 0.0169. The number of esters is 1. The van der Waals surface area contributed by atoms with Gasteiger partial charge in [-0.1, -0.05) is 55.5 Å². The lowest BCUT2D eigenvalue weighted by Crippen LogP contribution is -2.31. The molecule has 0 bridgehead atoms. The summed E-state index contributed by atoms with van der Waals surface area (Å²) in [7, 11) is 0. The fourth-order valence-electron chi connectivity index (χ4n) is 5.61. The molecule has 1 fully saturated rings. The summed E-state index contributed by atoms with van der Waals surface area (Å²) in [4.78, 5) is 58.6. The molecule has 3 unspecified atom stereocenters. The number of benzene rings is 2. The van der Waals surface area contributed by atoms with Crippen LogP contribution in [0.3, 0.4) is 0 Å². The third-order valence-electron chi connectivity index (χ3n) is 7.69. The van der Waals surface area contributed by atoms with Gasteiger partial charge in [-0.25, -0.2) is 9.78 Å². The molecule has 2 amide bonds. The molecule has 1 aliphatic heterocycles. The number of Topliss-reactive ketones (excluding diaryl/α,β-unsaturated/α-hetero) is 1. The van der Waals surface area contributed by atoms with Crippen molar-refractivity contribution in [2.24, 2.45) is 17.8 Å². The molecule has 6 rings (SSSR count). The molecule has 2 aliphatic rings. The average Bonchev–Trinajstić information content (AvgIpc) is 3.59. The Bertz CT molecular complexity index is 1690. The highest BCUT2D eigenvalue weighted by Crippen LogP contribution is 2.40. The number of ketones is 1. The second-order valence-corrected chi connectivity index (χ2v) is 11.2. The summed E-state index contributed by atoms with van der Waals surface area (Å²) in [6.07, 6.45) is 4.57. The Morgan fingerprint density at radius 3 is 2.58 bits per heavy atom. The van der Waals surface area contributed by atoms with Crippen LogP contribution in [0.25, 0.3) is 22.2 Å². The topological polar surface area (TPSA) is 93.6 Å². The number of rotatable bonds is 6. The molecule has 0 N–H and O–H groups in total. The molecule has 7 nitrogen and oxygen atoms in total. The number of hydrogen-bond donors (Lipinski definition) is 0. The lowest BCUT2D eigenvalue weighted by atomic mass is 9.78. The fourth-order valence-corrected chi connectivity index (χ4v) is 6.26. The summed E-state index contributed by atoms with van der Waals surface area (Å²) in [6, 6.07) is 17.8. The first kappa shape index (κ1) is 25.8. The molecule has 200 valence electrons. The van der Waals surface area contributed by atoms with Gasteiger partial charge in [0.15, 0.2) is 6.61 Å². The number of para-hydroxylation sites is 1. The van der Waals surface area contributed by atoms with Crippen molar-refractivity contribution in [2.45, 2.75) is 20.3 Å². The summed E-state index contributed by atoms with van der Waals surface area (Å²) in [5.41, 5.74) is 3.61. The number of pyridine rings is 1. The Kier molecular flexibility index (Phi) is 6.64. The molecule has 0 radical (unpaired) electrons. The van der Waals surface area contributed by atoms with Crippen molar-refractivity contribution < 1.29 is 23.9 Å². The number of amides is 2. The number of carbonyl (C=O) groups is 4. The van der Waals surface area contributed by atoms with Crippen molar-refractivity contribution in [3.63, 3.8) is 0 Å². The second kappa shape index (κ2) is 10.3. The average molecular weight is 551 g/mol. The number of nitrogens with zero attached hydrogens (tertiary/aromatic N) is 2. The number of carbonyl (C=O) groups excluding carboxylic acids is 4. The van der Waals surface area contributed by atoms with Crippen LogP contribution in [0.5, 0.6) is 0 Å². The smallest absolute Gasteiger partial charge is 0.339 e. The molecule has 40 heavy (non-hydrogen) atoms. The highest BCUT2D eigenvalue weighted by molar-refractivity contribution is 7.12. The Hall–Kier alpha value is -4.43. The highest BCUT2D eigenvalue weighted by Gasteiger charge is 2.50. The molecule has 8 heteroatoms. The summed E-state index contributed by atoms with van der Waals surface area (Å²) in [6.45, 7) is 3.53. The van der Waals surface area contributed by atoms with Crippen molar-refractivity contribution >= 4 is 51.5 Å². The number of hydrogen-bond acceptors (Lipinski definition) is 7. The number of ether oxygens (including phenoxy) is 1. The molecule has 1 aliphatic carbocycles. The van der Waals surface area contributed by atoms with E-state index >= 15 is 0 Å². The number of allylic oxidation sites excluding steroid dienone is 2. The fraction of sp³-hybridized carbons (Fsp3) is 0.219. The predicted octanol–water partition coefficient (Wildman–Crippen LogP) is 6.01. The summed E-state index contributed by atoms with van der Waals surface area (Å²) in [5.74, 6) is -1.84. The Balaban J connectivity index is 1.31.